The first-order valence-corrected chi connectivity index (χ1v) is 4.05. The van der Waals surface area contributed by atoms with E-state index in [9.17, 15) is 4.79 Å². The second kappa shape index (κ2) is 6.05. The third-order valence-corrected chi connectivity index (χ3v) is 1.34. The fourth-order valence-electron chi connectivity index (χ4n) is 0.664. The topological polar surface area (TPSA) is 91.0 Å². The molecule has 0 saturated heterocycles. The van der Waals surface area contributed by atoms with Crippen molar-refractivity contribution in [3.05, 3.63) is 12.2 Å². The lowest BCUT2D eigenvalue weighted by Crippen LogP contribution is -2.33. The first-order chi connectivity index (χ1) is 6.04. The van der Waals surface area contributed by atoms with Crippen LogP contribution < -0.4 is 16.4 Å². The molecule has 0 radical (unpaired) electrons. The Balaban J connectivity index is 3.31. The molecule has 5 N–H and O–H groups in total. The fraction of sp³-hybridized carbons (Fsp3) is 0.500. The predicted octanol–water partition coefficient (Wildman–Crippen LogP) is -0.448. The number of nitrogens with two attached hydrogens (primary N) is 1. The van der Waals surface area contributed by atoms with Gasteiger partial charge in [-0.15, -0.1) is 0 Å². The lowest BCUT2D eigenvalue weighted by molar-refractivity contribution is -0.117. The third kappa shape index (κ3) is 6.86. The van der Waals surface area contributed by atoms with Gasteiger partial charge in [-0.3, -0.25) is 10.2 Å². The summed E-state index contributed by atoms with van der Waals surface area (Å²) in [5, 5.41) is 12.1. The largest absolute Gasteiger partial charge is 0.370 e. The minimum atomic E-state index is -0.136. The summed E-state index contributed by atoms with van der Waals surface area (Å²) in [7, 11) is 0. The van der Waals surface area contributed by atoms with Gasteiger partial charge in [0.1, 0.15) is 0 Å². The molecule has 0 aromatic heterocycles. The van der Waals surface area contributed by atoms with E-state index >= 15 is 0 Å². The summed E-state index contributed by atoms with van der Waals surface area (Å²) in [6.07, 6.45) is 0.735. The number of hydrogen-bond donors (Lipinski definition) is 4. The molecule has 0 aliphatic heterocycles. The summed E-state index contributed by atoms with van der Waals surface area (Å²) in [6.45, 7) is 6.31. The Hall–Kier alpha value is -1.52. The number of hydrogen-bond acceptors (Lipinski definition) is 2. The van der Waals surface area contributed by atoms with Gasteiger partial charge in [0.05, 0.1) is 0 Å². The minimum Gasteiger partial charge on any atom is -0.370 e. The highest BCUT2D eigenvalue weighted by Gasteiger charge is 1.98. The second-order valence-corrected chi connectivity index (χ2v) is 2.73. The normalized spacial score (nSPS) is 9.00. The second-order valence-electron chi connectivity index (χ2n) is 2.73. The highest BCUT2D eigenvalue weighted by molar-refractivity contribution is 5.92. The lowest BCUT2D eigenvalue weighted by Gasteiger charge is -2.05. The Kier molecular flexibility index (Phi) is 5.34. The summed E-state index contributed by atoms with van der Waals surface area (Å²) in [4.78, 5) is 10.9. The van der Waals surface area contributed by atoms with E-state index in [2.05, 4.69) is 17.2 Å². The molecule has 5 heteroatoms. The Bertz CT molecular complexity index is 212. The van der Waals surface area contributed by atoms with E-state index in [1.807, 2.05) is 0 Å². The molecule has 0 fully saturated rings. The van der Waals surface area contributed by atoms with Gasteiger partial charge < -0.3 is 16.4 Å². The van der Waals surface area contributed by atoms with Crippen LogP contribution in [0.5, 0.6) is 0 Å². The van der Waals surface area contributed by atoms with Crippen LogP contribution in [0.1, 0.15) is 13.3 Å². The molecule has 0 aliphatic rings. The van der Waals surface area contributed by atoms with Crippen LogP contribution in [0, 0.1) is 5.41 Å². The van der Waals surface area contributed by atoms with E-state index in [4.69, 9.17) is 11.1 Å². The van der Waals surface area contributed by atoms with Gasteiger partial charge in [0.25, 0.3) is 0 Å². The van der Waals surface area contributed by atoms with Crippen molar-refractivity contribution in [2.24, 2.45) is 5.73 Å². The van der Waals surface area contributed by atoms with Crippen molar-refractivity contribution < 1.29 is 4.79 Å². The van der Waals surface area contributed by atoms with Crippen molar-refractivity contribution in [2.75, 3.05) is 13.1 Å². The molecule has 1 amide bonds. The van der Waals surface area contributed by atoms with Gasteiger partial charge >= 0.3 is 0 Å². The van der Waals surface area contributed by atoms with E-state index in [-0.39, 0.29) is 11.9 Å². The summed E-state index contributed by atoms with van der Waals surface area (Å²) in [6, 6.07) is 0. The van der Waals surface area contributed by atoms with Crippen LogP contribution >= 0.6 is 0 Å². The summed E-state index contributed by atoms with van der Waals surface area (Å²) >= 11 is 0. The van der Waals surface area contributed by atoms with Gasteiger partial charge in [0.2, 0.25) is 5.91 Å². The molecule has 13 heavy (non-hydrogen) atoms. The van der Waals surface area contributed by atoms with Crippen molar-refractivity contribution in [3.63, 3.8) is 0 Å². The van der Waals surface area contributed by atoms with Gasteiger partial charge in [-0.05, 0) is 13.3 Å². The maximum atomic E-state index is 10.9. The van der Waals surface area contributed by atoms with Crippen molar-refractivity contribution in [3.8, 4) is 0 Å². The van der Waals surface area contributed by atoms with Crippen LogP contribution in [-0.2, 0) is 4.79 Å². The van der Waals surface area contributed by atoms with E-state index in [0.29, 0.717) is 18.7 Å². The van der Waals surface area contributed by atoms with E-state index < -0.39 is 0 Å². The van der Waals surface area contributed by atoms with Crippen molar-refractivity contribution in [2.45, 2.75) is 13.3 Å². The van der Waals surface area contributed by atoms with Crippen LogP contribution in [0.3, 0.4) is 0 Å². The standard InChI is InChI=1S/C8H16N4O/c1-6(2)7(13)11-4-3-5-12-8(9)10/h1,3-5H2,2H3,(H,11,13)(H4,9,10,12). The number of nitrogens with one attached hydrogen (secondary N) is 3. The van der Waals surface area contributed by atoms with Gasteiger partial charge in [-0.2, -0.15) is 0 Å². The molecule has 0 saturated carbocycles. The van der Waals surface area contributed by atoms with Crippen LogP contribution in [0.25, 0.3) is 0 Å². The van der Waals surface area contributed by atoms with Crippen LogP contribution in [0.15, 0.2) is 12.2 Å². The third-order valence-electron chi connectivity index (χ3n) is 1.34. The van der Waals surface area contributed by atoms with E-state index in [1.54, 1.807) is 6.92 Å². The SMILES string of the molecule is C=C(C)C(=O)NCCCNC(=N)N. The maximum Gasteiger partial charge on any atom is 0.246 e. The molecule has 0 spiro atoms. The molecule has 0 unspecified atom stereocenters. The Morgan fingerprint density at radius 3 is 2.46 bits per heavy atom. The number of amides is 1. The highest BCUT2D eigenvalue weighted by Crippen LogP contribution is 1.85. The number of guanidine groups is 1. The first-order valence-electron chi connectivity index (χ1n) is 4.05. The molecule has 74 valence electrons. The molecule has 0 atom stereocenters. The quantitative estimate of drug-likeness (QED) is 0.202. The predicted molar refractivity (Wildman–Crippen MR) is 52.4 cm³/mol. The van der Waals surface area contributed by atoms with Crippen LogP contribution in [0.4, 0.5) is 0 Å². The molecule has 0 rings (SSSR count). The van der Waals surface area contributed by atoms with Gasteiger partial charge in [0.15, 0.2) is 5.96 Å². The molecular formula is C8H16N4O. The Morgan fingerprint density at radius 2 is 2.00 bits per heavy atom. The smallest absolute Gasteiger partial charge is 0.246 e. The monoisotopic (exact) mass is 184 g/mol. The van der Waals surface area contributed by atoms with Gasteiger partial charge in [-0.1, -0.05) is 6.58 Å². The molecule has 0 aromatic carbocycles. The van der Waals surface area contributed by atoms with E-state index in [1.165, 1.54) is 0 Å². The fourth-order valence-corrected chi connectivity index (χ4v) is 0.664. The lowest BCUT2D eigenvalue weighted by atomic mass is 10.3. The zero-order chi connectivity index (χ0) is 10.3. The van der Waals surface area contributed by atoms with Crippen LogP contribution in [0.2, 0.25) is 0 Å². The van der Waals surface area contributed by atoms with Crippen molar-refractivity contribution in [1.82, 2.24) is 10.6 Å². The van der Waals surface area contributed by atoms with Crippen molar-refractivity contribution in [1.29, 1.82) is 5.41 Å². The first kappa shape index (κ1) is 11.5. The Labute approximate surface area is 77.9 Å². The summed E-state index contributed by atoms with van der Waals surface area (Å²) in [5.41, 5.74) is 5.55. The molecule has 0 heterocycles. The molecule has 0 aromatic rings. The average molecular weight is 184 g/mol. The zero-order valence-corrected chi connectivity index (χ0v) is 7.81. The van der Waals surface area contributed by atoms with Gasteiger partial charge in [-0.25, -0.2) is 0 Å². The zero-order valence-electron chi connectivity index (χ0n) is 7.81. The van der Waals surface area contributed by atoms with E-state index in [0.717, 1.165) is 6.42 Å². The number of carbonyl (C=O) groups is 1. The summed E-state index contributed by atoms with van der Waals surface area (Å²) in [5.74, 6) is -0.186. The average Bonchev–Trinajstić information content (AvgIpc) is 2.02. The van der Waals surface area contributed by atoms with Crippen LogP contribution in [-0.4, -0.2) is 25.0 Å². The number of carbonyl (C=O) groups excluding carboxylic acids is 1. The molecule has 0 bridgehead atoms. The summed E-state index contributed by atoms with van der Waals surface area (Å²) < 4.78 is 0. The van der Waals surface area contributed by atoms with Crippen molar-refractivity contribution >= 4 is 11.9 Å². The Morgan fingerprint density at radius 1 is 1.46 bits per heavy atom. The highest BCUT2D eigenvalue weighted by atomic mass is 16.1. The molecular weight excluding hydrogens is 168 g/mol. The molecule has 5 nitrogen and oxygen atoms in total. The van der Waals surface area contributed by atoms with Gasteiger partial charge in [0, 0.05) is 18.7 Å². The maximum absolute atomic E-state index is 10.9. The minimum absolute atomic E-state index is 0.0498. The molecule has 0 aliphatic carbocycles. The number of rotatable bonds is 5.